The van der Waals surface area contributed by atoms with Crippen LogP contribution in [0.1, 0.15) is 53.0 Å². The Balaban J connectivity index is 1.68. The molecule has 1 fully saturated rings. The van der Waals surface area contributed by atoms with E-state index in [1.165, 1.54) is 0 Å². The second kappa shape index (κ2) is 6.83. The number of amides is 1. The molecular formula is C17H24N4OS. The van der Waals surface area contributed by atoms with Crippen molar-refractivity contribution in [3.63, 3.8) is 0 Å². The van der Waals surface area contributed by atoms with Crippen molar-refractivity contribution in [1.29, 1.82) is 0 Å². The number of aromatic nitrogens is 3. The SMILES string of the molecule is CC(C)Cc1ncc(C(=O)N2CCCC(c3ccn(C)n3)C2)s1. The second-order valence-electron chi connectivity index (χ2n) is 6.72. The summed E-state index contributed by atoms with van der Waals surface area (Å²) in [7, 11) is 1.93. The van der Waals surface area contributed by atoms with E-state index < -0.39 is 0 Å². The maximum absolute atomic E-state index is 12.8. The van der Waals surface area contributed by atoms with Crippen molar-refractivity contribution in [3.8, 4) is 0 Å². The van der Waals surface area contributed by atoms with E-state index in [1.807, 2.05) is 22.8 Å². The van der Waals surface area contributed by atoms with Gasteiger partial charge in [0.25, 0.3) is 5.91 Å². The number of aryl methyl sites for hydroxylation is 1. The van der Waals surface area contributed by atoms with E-state index in [1.54, 1.807) is 17.5 Å². The molecule has 0 aliphatic carbocycles. The van der Waals surface area contributed by atoms with Crippen LogP contribution in [0, 0.1) is 5.92 Å². The zero-order chi connectivity index (χ0) is 16.4. The lowest BCUT2D eigenvalue weighted by Crippen LogP contribution is -2.38. The molecule has 23 heavy (non-hydrogen) atoms. The Labute approximate surface area is 141 Å². The first-order chi connectivity index (χ1) is 11.0. The average Bonchev–Trinajstić information content (AvgIpc) is 3.15. The van der Waals surface area contributed by atoms with Gasteiger partial charge in [0, 0.05) is 38.7 Å². The molecule has 2 aromatic heterocycles. The second-order valence-corrected chi connectivity index (χ2v) is 7.84. The van der Waals surface area contributed by atoms with Crippen LogP contribution in [-0.2, 0) is 13.5 Å². The summed E-state index contributed by atoms with van der Waals surface area (Å²) in [4.78, 5) is 19.9. The molecule has 0 radical (unpaired) electrons. The molecule has 0 aromatic carbocycles. The van der Waals surface area contributed by atoms with E-state index in [0.717, 1.165) is 47.9 Å². The monoisotopic (exact) mass is 332 g/mol. The normalized spacial score (nSPS) is 18.6. The third kappa shape index (κ3) is 3.80. The molecule has 1 atom stereocenters. The predicted molar refractivity (Wildman–Crippen MR) is 91.7 cm³/mol. The zero-order valence-electron chi connectivity index (χ0n) is 14.0. The summed E-state index contributed by atoms with van der Waals surface area (Å²) in [5.41, 5.74) is 1.09. The lowest BCUT2D eigenvalue weighted by atomic mass is 9.95. The molecular weight excluding hydrogens is 308 g/mol. The van der Waals surface area contributed by atoms with Gasteiger partial charge in [-0.3, -0.25) is 9.48 Å². The van der Waals surface area contributed by atoms with Gasteiger partial charge in [-0.1, -0.05) is 13.8 Å². The van der Waals surface area contributed by atoms with Crippen molar-refractivity contribution in [1.82, 2.24) is 19.7 Å². The van der Waals surface area contributed by atoms with Crippen molar-refractivity contribution >= 4 is 17.2 Å². The molecule has 124 valence electrons. The minimum absolute atomic E-state index is 0.123. The van der Waals surface area contributed by atoms with E-state index in [4.69, 9.17) is 0 Å². The quantitative estimate of drug-likeness (QED) is 0.864. The summed E-state index contributed by atoms with van der Waals surface area (Å²) >= 11 is 1.54. The first-order valence-electron chi connectivity index (χ1n) is 8.26. The predicted octanol–water partition coefficient (Wildman–Crippen LogP) is 3.09. The lowest BCUT2D eigenvalue weighted by Gasteiger charge is -2.31. The summed E-state index contributed by atoms with van der Waals surface area (Å²) < 4.78 is 1.83. The van der Waals surface area contributed by atoms with Gasteiger partial charge in [-0.25, -0.2) is 4.98 Å². The molecule has 0 N–H and O–H groups in total. The molecule has 6 heteroatoms. The maximum Gasteiger partial charge on any atom is 0.265 e. The minimum Gasteiger partial charge on any atom is -0.337 e. The first-order valence-corrected chi connectivity index (χ1v) is 9.08. The van der Waals surface area contributed by atoms with E-state index in [0.29, 0.717) is 11.8 Å². The Morgan fingerprint density at radius 1 is 1.48 bits per heavy atom. The number of carbonyl (C=O) groups is 1. The number of thiazole rings is 1. The Morgan fingerprint density at radius 3 is 3.00 bits per heavy atom. The van der Waals surface area contributed by atoms with Crippen LogP contribution in [0.2, 0.25) is 0 Å². The molecule has 1 amide bonds. The molecule has 2 aromatic rings. The van der Waals surface area contributed by atoms with Crippen molar-refractivity contribution in [3.05, 3.63) is 34.0 Å². The van der Waals surface area contributed by atoms with Gasteiger partial charge in [-0.05, 0) is 24.8 Å². The number of piperidine rings is 1. The maximum atomic E-state index is 12.8. The van der Waals surface area contributed by atoms with Gasteiger partial charge in [-0.2, -0.15) is 5.10 Å². The molecule has 0 spiro atoms. The highest BCUT2D eigenvalue weighted by atomic mass is 32.1. The van der Waals surface area contributed by atoms with E-state index in [2.05, 4.69) is 30.0 Å². The number of nitrogens with zero attached hydrogens (tertiary/aromatic N) is 4. The average molecular weight is 332 g/mol. The molecule has 5 nitrogen and oxygen atoms in total. The number of hydrogen-bond acceptors (Lipinski definition) is 4. The van der Waals surface area contributed by atoms with Crippen LogP contribution in [0.3, 0.4) is 0 Å². The molecule has 1 saturated heterocycles. The van der Waals surface area contributed by atoms with Crippen LogP contribution < -0.4 is 0 Å². The minimum atomic E-state index is 0.123. The Morgan fingerprint density at radius 2 is 2.30 bits per heavy atom. The van der Waals surface area contributed by atoms with Crippen molar-refractivity contribution in [2.45, 2.75) is 39.0 Å². The third-order valence-corrected chi connectivity index (χ3v) is 5.22. The first kappa shape index (κ1) is 16.2. The van der Waals surface area contributed by atoms with Crippen LogP contribution in [0.5, 0.6) is 0 Å². The summed E-state index contributed by atoms with van der Waals surface area (Å²) in [5.74, 6) is 1.03. The molecule has 1 unspecified atom stereocenters. The van der Waals surface area contributed by atoms with Gasteiger partial charge in [0.05, 0.1) is 16.9 Å². The van der Waals surface area contributed by atoms with Gasteiger partial charge in [0.15, 0.2) is 0 Å². The van der Waals surface area contributed by atoms with Gasteiger partial charge in [0.1, 0.15) is 4.88 Å². The smallest absolute Gasteiger partial charge is 0.265 e. The largest absolute Gasteiger partial charge is 0.337 e. The van der Waals surface area contributed by atoms with Crippen molar-refractivity contribution in [2.75, 3.05) is 13.1 Å². The van der Waals surface area contributed by atoms with Crippen LogP contribution in [0.25, 0.3) is 0 Å². The summed E-state index contributed by atoms with van der Waals surface area (Å²) in [5, 5.41) is 5.56. The summed E-state index contributed by atoms with van der Waals surface area (Å²) in [6.07, 6.45) is 6.79. The molecule has 0 bridgehead atoms. The Bertz CT molecular complexity index is 676. The number of rotatable bonds is 4. The Kier molecular flexibility index (Phi) is 4.80. The van der Waals surface area contributed by atoms with Gasteiger partial charge < -0.3 is 4.90 Å². The molecule has 1 aliphatic heterocycles. The van der Waals surface area contributed by atoms with Gasteiger partial charge in [-0.15, -0.1) is 11.3 Å². The lowest BCUT2D eigenvalue weighted by molar-refractivity contribution is 0.0710. The summed E-state index contributed by atoms with van der Waals surface area (Å²) in [6.45, 7) is 5.93. The highest BCUT2D eigenvalue weighted by molar-refractivity contribution is 7.13. The van der Waals surface area contributed by atoms with Crippen LogP contribution in [0.4, 0.5) is 0 Å². The number of hydrogen-bond donors (Lipinski definition) is 0. The summed E-state index contributed by atoms with van der Waals surface area (Å²) in [6, 6.07) is 2.06. The fraction of sp³-hybridized carbons (Fsp3) is 0.588. The van der Waals surface area contributed by atoms with E-state index in [9.17, 15) is 4.79 Å². The fourth-order valence-electron chi connectivity index (χ4n) is 3.06. The number of likely N-dealkylation sites (tertiary alicyclic amines) is 1. The van der Waals surface area contributed by atoms with Gasteiger partial charge >= 0.3 is 0 Å². The third-order valence-electron chi connectivity index (χ3n) is 4.21. The van der Waals surface area contributed by atoms with Gasteiger partial charge in [0.2, 0.25) is 0 Å². The van der Waals surface area contributed by atoms with Crippen molar-refractivity contribution in [2.24, 2.45) is 13.0 Å². The van der Waals surface area contributed by atoms with E-state index >= 15 is 0 Å². The molecule has 0 saturated carbocycles. The van der Waals surface area contributed by atoms with E-state index in [-0.39, 0.29) is 5.91 Å². The molecule has 3 heterocycles. The number of carbonyl (C=O) groups excluding carboxylic acids is 1. The highest BCUT2D eigenvalue weighted by Gasteiger charge is 2.27. The zero-order valence-corrected chi connectivity index (χ0v) is 14.8. The fourth-order valence-corrected chi connectivity index (χ4v) is 4.16. The molecule has 3 rings (SSSR count). The van der Waals surface area contributed by atoms with Crippen LogP contribution in [0.15, 0.2) is 18.5 Å². The van der Waals surface area contributed by atoms with Crippen LogP contribution >= 0.6 is 11.3 Å². The molecule has 1 aliphatic rings. The topological polar surface area (TPSA) is 51.0 Å². The van der Waals surface area contributed by atoms with Crippen LogP contribution in [-0.4, -0.2) is 38.7 Å². The van der Waals surface area contributed by atoms with Crippen molar-refractivity contribution < 1.29 is 4.79 Å². The Hall–Kier alpha value is -1.69. The highest BCUT2D eigenvalue weighted by Crippen LogP contribution is 2.27. The standard InChI is InChI=1S/C17H24N4OS/c1-12(2)9-16-18-10-15(23-16)17(22)21-7-4-5-13(11-21)14-6-8-20(3)19-14/h6,8,10,12-13H,4-5,7,9,11H2,1-3H3.